The highest BCUT2D eigenvalue weighted by Gasteiger charge is 2.15. The maximum atomic E-state index is 11.7. The highest BCUT2D eigenvalue weighted by atomic mass is 79.9. The van der Waals surface area contributed by atoms with Gasteiger partial charge in [-0.3, -0.25) is 25.2 Å². The maximum absolute atomic E-state index is 11.7. The molecule has 0 aromatic heterocycles. The van der Waals surface area contributed by atoms with E-state index >= 15 is 0 Å². The molecule has 0 aliphatic heterocycles. The number of amides is 3. The van der Waals surface area contributed by atoms with Gasteiger partial charge >= 0.3 is 11.8 Å². The van der Waals surface area contributed by atoms with Gasteiger partial charge in [-0.05, 0) is 32.0 Å². The van der Waals surface area contributed by atoms with Crippen molar-refractivity contribution in [3.05, 3.63) is 34.3 Å². The Kier molecular flexibility index (Phi) is 5.50. The lowest BCUT2D eigenvalue weighted by molar-refractivity contribution is -0.139. The summed E-state index contributed by atoms with van der Waals surface area (Å²) in [7, 11) is 0. The van der Waals surface area contributed by atoms with Crippen molar-refractivity contribution in [2.24, 2.45) is 0 Å². The molecule has 19 heavy (non-hydrogen) atoms. The van der Waals surface area contributed by atoms with Crippen molar-refractivity contribution in [2.45, 2.75) is 19.9 Å². The first kappa shape index (κ1) is 15.2. The van der Waals surface area contributed by atoms with Gasteiger partial charge in [-0.15, -0.1) is 0 Å². The lowest BCUT2D eigenvalue weighted by atomic mass is 10.2. The summed E-state index contributed by atoms with van der Waals surface area (Å²) in [4.78, 5) is 34.3. The van der Waals surface area contributed by atoms with E-state index in [1.54, 1.807) is 38.1 Å². The molecule has 0 unspecified atom stereocenters. The fourth-order valence-corrected chi connectivity index (χ4v) is 1.60. The average Bonchev–Trinajstić information content (AvgIpc) is 2.34. The van der Waals surface area contributed by atoms with E-state index < -0.39 is 17.7 Å². The summed E-state index contributed by atoms with van der Waals surface area (Å²) in [5, 5.41) is 2.41. The second-order valence-corrected chi connectivity index (χ2v) is 4.96. The Balaban J connectivity index is 2.51. The van der Waals surface area contributed by atoms with Gasteiger partial charge in [0.15, 0.2) is 0 Å². The average molecular weight is 328 g/mol. The third-order valence-electron chi connectivity index (χ3n) is 2.00. The molecule has 0 radical (unpaired) electrons. The minimum absolute atomic E-state index is 0.154. The van der Waals surface area contributed by atoms with E-state index in [0.29, 0.717) is 5.56 Å². The third-order valence-corrected chi connectivity index (χ3v) is 2.50. The quantitative estimate of drug-likeness (QED) is 0.553. The van der Waals surface area contributed by atoms with Crippen molar-refractivity contribution in [2.75, 3.05) is 0 Å². The normalized spacial score (nSPS) is 9.89. The summed E-state index contributed by atoms with van der Waals surface area (Å²) in [5.74, 6) is -2.23. The molecule has 0 aliphatic carbocycles. The SMILES string of the molecule is CC(C)NC(=O)C(=O)NNC(=O)c1cccc(Br)c1. The van der Waals surface area contributed by atoms with E-state index in [4.69, 9.17) is 0 Å². The predicted molar refractivity (Wildman–Crippen MR) is 73.0 cm³/mol. The number of hydrogen-bond donors (Lipinski definition) is 3. The summed E-state index contributed by atoms with van der Waals surface area (Å²) in [6.07, 6.45) is 0. The Morgan fingerprint density at radius 1 is 1.11 bits per heavy atom. The molecule has 3 amide bonds. The lowest BCUT2D eigenvalue weighted by Gasteiger charge is -2.09. The van der Waals surface area contributed by atoms with Gasteiger partial charge in [0.1, 0.15) is 0 Å². The number of halogens is 1. The fraction of sp³-hybridized carbons (Fsp3) is 0.250. The van der Waals surface area contributed by atoms with Crippen LogP contribution < -0.4 is 16.2 Å². The largest absolute Gasteiger partial charge is 0.346 e. The second kappa shape index (κ2) is 6.89. The fourth-order valence-electron chi connectivity index (χ4n) is 1.20. The Morgan fingerprint density at radius 3 is 2.37 bits per heavy atom. The second-order valence-electron chi connectivity index (χ2n) is 4.05. The summed E-state index contributed by atoms with van der Waals surface area (Å²) in [5.41, 5.74) is 4.56. The summed E-state index contributed by atoms with van der Waals surface area (Å²) >= 11 is 3.23. The van der Waals surface area contributed by atoms with Gasteiger partial charge in [0.25, 0.3) is 5.91 Å². The van der Waals surface area contributed by atoms with Gasteiger partial charge in [-0.25, -0.2) is 0 Å². The van der Waals surface area contributed by atoms with Crippen molar-refractivity contribution >= 4 is 33.7 Å². The summed E-state index contributed by atoms with van der Waals surface area (Å²) in [6, 6.07) is 6.48. The first-order valence-electron chi connectivity index (χ1n) is 5.57. The van der Waals surface area contributed by atoms with E-state index in [2.05, 4.69) is 26.7 Å². The van der Waals surface area contributed by atoms with Crippen molar-refractivity contribution < 1.29 is 14.4 Å². The first-order chi connectivity index (χ1) is 8.90. The molecule has 0 saturated carbocycles. The van der Waals surface area contributed by atoms with Crippen LogP contribution in [0.3, 0.4) is 0 Å². The van der Waals surface area contributed by atoms with E-state index in [1.807, 2.05) is 5.43 Å². The Morgan fingerprint density at radius 2 is 1.79 bits per heavy atom. The van der Waals surface area contributed by atoms with Crippen LogP contribution in [0.15, 0.2) is 28.7 Å². The molecule has 1 aromatic carbocycles. The minimum Gasteiger partial charge on any atom is -0.346 e. The van der Waals surface area contributed by atoms with Crippen LogP contribution in [0, 0.1) is 0 Å². The molecule has 0 heterocycles. The maximum Gasteiger partial charge on any atom is 0.327 e. The van der Waals surface area contributed by atoms with Gasteiger partial charge in [-0.2, -0.15) is 0 Å². The zero-order valence-electron chi connectivity index (χ0n) is 10.5. The number of carbonyl (C=O) groups is 3. The molecule has 102 valence electrons. The minimum atomic E-state index is -0.919. The Labute approximate surface area is 119 Å². The van der Waals surface area contributed by atoms with E-state index in [1.165, 1.54) is 0 Å². The van der Waals surface area contributed by atoms with Crippen molar-refractivity contribution in [1.82, 2.24) is 16.2 Å². The molecule has 0 fully saturated rings. The van der Waals surface area contributed by atoms with Gasteiger partial charge < -0.3 is 5.32 Å². The standard InChI is InChI=1S/C12H14BrN3O3/c1-7(2)14-11(18)12(19)16-15-10(17)8-4-3-5-9(13)6-8/h3-7H,1-2H3,(H,14,18)(H,15,17)(H,16,19). The summed E-state index contributed by atoms with van der Waals surface area (Å²) in [6.45, 7) is 3.45. The van der Waals surface area contributed by atoms with Crippen LogP contribution in [0.25, 0.3) is 0 Å². The molecule has 0 bridgehead atoms. The third kappa shape index (κ3) is 5.09. The number of nitrogens with one attached hydrogen (secondary N) is 3. The zero-order valence-corrected chi connectivity index (χ0v) is 12.1. The van der Waals surface area contributed by atoms with Crippen LogP contribution in [-0.2, 0) is 9.59 Å². The van der Waals surface area contributed by atoms with Crippen molar-refractivity contribution in [3.63, 3.8) is 0 Å². The molecule has 3 N–H and O–H groups in total. The molecule has 0 aliphatic rings. The van der Waals surface area contributed by atoms with Gasteiger partial charge in [-0.1, -0.05) is 22.0 Å². The molecule has 0 spiro atoms. The predicted octanol–water partition coefficient (Wildman–Crippen LogP) is 0.735. The Hall–Kier alpha value is -1.89. The number of hydrogen-bond acceptors (Lipinski definition) is 3. The Bertz CT molecular complexity index is 503. The number of rotatable bonds is 2. The van der Waals surface area contributed by atoms with Crippen LogP contribution in [0.1, 0.15) is 24.2 Å². The summed E-state index contributed by atoms with van der Waals surface area (Å²) < 4.78 is 0.740. The van der Waals surface area contributed by atoms with E-state index in [0.717, 1.165) is 4.47 Å². The molecule has 7 heteroatoms. The van der Waals surface area contributed by atoms with Gasteiger partial charge in [0, 0.05) is 16.1 Å². The van der Waals surface area contributed by atoms with Crippen molar-refractivity contribution in [3.8, 4) is 0 Å². The topological polar surface area (TPSA) is 87.3 Å². The molecular weight excluding hydrogens is 314 g/mol. The number of hydrazine groups is 1. The van der Waals surface area contributed by atoms with E-state index in [9.17, 15) is 14.4 Å². The van der Waals surface area contributed by atoms with Gasteiger partial charge in [0.2, 0.25) is 0 Å². The lowest BCUT2D eigenvalue weighted by Crippen LogP contribution is -2.49. The van der Waals surface area contributed by atoms with Crippen LogP contribution >= 0.6 is 15.9 Å². The van der Waals surface area contributed by atoms with Crippen LogP contribution in [0.4, 0.5) is 0 Å². The van der Waals surface area contributed by atoms with Gasteiger partial charge in [0.05, 0.1) is 0 Å². The molecule has 0 saturated heterocycles. The van der Waals surface area contributed by atoms with Crippen LogP contribution in [-0.4, -0.2) is 23.8 Å². The van der Waals surface area contributed by atoms with E-state index in [-0.39, 0.29) is 6.04 Å². The number of carbonyl (C=O) groups excluding carboxylic acids is 3. The molecule has 0 atom stereocenters. The highest BCUT2D eigenvalue weighted by molar-refractivity contribution is 9.10. The zero-order chi connectivity index (χ0) is 14.4. The molecule has 6 nitrogen and oxygen atoms in total. The smallest absolute Gasteiger partial charge is 0.327 e. The van der Waals surface area contributed by atoms with Crippen molar-refractivity contribution in [1.29, 1.82) is 0 Å². The monoisotopic (exact) mass is 327 g/mol. The number of benzene rings is 1. The molecule has 1 rings (SSSR count). The van der Waals surface area contributed by atoms with Crippen LogP contribution in [0.5, 0.6) is 0 Å². The first-order valence-corrected chi connectivity index (χ1v) is 6.36. The highest BCUT2D eigenvalue weighted by Crippen LogP contribution is 2.11. The molecule has 1 aromatic rings. The molecular formula is C12H14BrN3O3. The van der Waals surface area contributed by atoms with Crippen LogP contribution in [0.2, 0.25) is 0 Å².